The van der Waals surface area contributed by atoms with Gasteiger partial charge in [0.05, 0.1) is 19.6 Å². The lowest BCUT2D eigenvalue weighted by molar-refractivity contribution is -0.605. The maximum Gasteiger partial charge on any atom is 0.387 e. The van der Waals surface area contributed by atoms with Crippen molar-refractivity contribution >= 4 is 29.2 Å². The fraction of sp³-hybridized carbons (Fsp3) is 0.429. The molecule has 1 aliphatic carbocycles. The minimum atomic E-state index is -3.04. The molecule has 1 fully saturated rings. The molecule has 1 heterocycles. The predicted octanol–water partition coefficient (Wildman–Crippen LogP) is 4.23. The second-order valence-electron chi connectivity index (χ2n) is 7.29. The molecule has 0 unspecified atom stereocenters. The summed E-state index contributed by atoms with van der Waals surface area (Å²) in [6, 6.07) is 4.21. The van der Waals surface area contributed by atoms with Crippen molar-refractivity contribution in [3.63, 3.8) is 0 Å². The van der Waals surface area contributed by atoms with Gasteiger partial charge in [0.1, 0.15) is 16.1 Å². The van der Waals surface area contributed by atoms with E-state index < -0.39 is 25.3 Å². The van der Waals surface area contributed by atoms with Crippen LogP contribution in [0.3, 0.4) is 0 Å². The minimum absolute atomic E-state index is 0.00715. The summed E-state index contributed by atoms with van der Waals surface area (Å²) in [4.78, 5) is 12.1. The largest absolute Gasteiger partial charge is 0.619 e. The van der Waals surface area contributed by atoms with Gasteiger partial charge in [0.2, 0.25) is 0 Å². The maximum absolute atomic E-state index is 12.8. The number of alkyl halides is 2. The fourth-order valence-electron chi connectivity index (χ4n) is 2.97. The topological polar surface area (TPSA) is 91.9 Å². The van der Waals surface area contributed by atoms with E-state index in [1.54, 1.807) is 0 Å². The highest BCUT2D eigenvalue weighted by atomic mass is 35.5. The zero-order valence-corrected chi connectivity index (χ0v) is 18.3. The average molecular weight is 492 g/mol. The van der Waals surface area contributed by atoms with Crippen molar-refractivity contribution in [1.29, 1.82) is 0 Å². The van der Waals surface area contributed by atoms with E-state index in [-0.39, 0.29) is 34.4 Å². The third kappa shape index (κ3) is 6.82. The Balaban J connectivity index is 1.93. The Morgan fingerprint density at radius 1 is 1.22 bits per heavy atom. The molecule has 0 aliphatic heterocycles. The second-order valence-corrected chi connectivity index (χ2v) is 8.10. The number of aliphatic hydroxyl groups is 1. The number of halogens is 4. The average Bonchev–Trinajstić information content (AvgIpc) is 3.53. The number of benzene rings is 1. The number of aliphatic hydroxyl groups excluding tert-OH is 1. The summed E-state index contributed by atoms with van der Waals surface area (Å²) in [6.07, 6.45) is 3.01. The van der Waals surface area contributed by atoms with Crippen molar-refractivity contribution in [3.8, 4) is 11.5 Å². The number of carbonyl (C=O) groups is 1. The Hall–Kier alpha value is -2.36. The second kappa shape index (κ2) is 11.0. The summed E-state index contributed by atoms with van der Waals surface area (Å²) in [5, 5.41) is 20.7. The van der Waals surface area contributed by atoms with E-state index >= 15 is 0 Å². The normalized spacial score (nSPS) is 14.3. The lowest BCUT2D eigenvalue weighted by Crippen LogP contribution is -2.25. The van der Waals surface area contributed by atoms with E-state index in [4.69, 9.17) is 37.8 Å². The van der Waals surface area contributed by atoms with Gasteiger partial charge in [-0.2, -0.15) is 13.5 Å². The summed E-state index contributed by atoms with van der Waals surface area (Å²) in [7, 11) is 0. The van der Waals surface area contributed by atoms with Crippen LogP contribution in [0.2, 0.25) is 10.0 Å². The van der Waals surface area contributed by atoms with Gasteiger partial charge in [-0.1, -0.05) is 29.3 Å². The summed E-state index contributed by atoms with van der Waals surface area (Å²) in [6.45, 7) is -3.10. The van der Waals surface area contributed by atoms with Crippen LogP contribution in [0, 0.1) is 11.1 Å². The molecule has 0 spiro atoms. The number of ether oxygens (including phenoxy) is 3. The van der Waals surface area contributed by atoms with E-state index in [9.17, 15) is 18.8 Å². The Morgan fingerprint density at radius 2 is 1.91 bits per heavy atom. The van der Waals surface area contributed by atoms with Crippen LogP contribution in [0.15, 0.2) is 30.6 Å². The molecule has 2 aromatic rings. The third-order valence-electron chi connectivity index (χ3n) is 4.76. The molecule has 1 saturated carbocycles. The Morgan fingerprint density at radius 3 is 2.50 bits per heavy atom. The van der Waals surface area contributed by atoms with Crippen LogP contribution in [-0.4, -0.2) is 30.9 Å². The Kier molecular flexibility index (Phi) is 8.33. The highest BCUT2D eigenvalue weighted by Crippen LogP contribution is 2.37. The molecule has 1 aliphatic rings. The zero-order chi connectivity index (χ0) is 23.3. The van der Waals surface area contributed by atoms with Gasteiger partial charge < -0.3 is 24.5 Å². The summed E-state index contributed by atoms with van der Waals surface area (Å²) < 4.78 is 41.8. The first-order chi connectivity index (χ1) is 15.3. The first kappa shape index (κ1) is 24.3. The van der Waals surface area contributed by atoms with E-state index in [1.165, 1.54) is 18.2 Å². The van der Waals surface area contributed by atoms with Gasteiger partial charge in [0, 0.05) is 12.0 Å². The van der Waals surface area contributed by atoms with Crippen molar-refractivity contribution in [3.05, 3.63) is 57.0 Å². The van der Waals surface area contributed by atoms with Crippen LogP contribution in [0.5, 0.6) is 11.5 Å². The van der Waals surface area contributed by atoms with Crippen molar-refractivity contribution < 1.29 is 37.6 Å². The van der Waals surface area contributed by atoms with Crippen LogP contribution in [0.1, 0.15) is 36.5 Å². The Bertz CT molecular complexity index is 935. The van der Waals surface area contributed by atoms with Crippen molar-refractivity contribution in [2.45, 2.75) is 38.4 Å². The van der Waals surface area contributed by atoms with Gasteiger partial charge in [-0.05, 0) is 36.5 Å². The fourth-order valence-corrected chi connectivity index (χ4v) is 3.57. The highest BCUT2D eigenvalue weighted by Gasteiger charge is 2.26. The smallest absolute Gasteiger partial charge is 0.387 e. The number of esters is 1. The number of nitrogens with zero attached hydrogens (tertiary/aromatic N) is 1. The van der Waals surface area contributed by atoms with Crippen LogP contribution in [0.4, 0.5) is 8.78 Å². The molecular formula is C21H21Cl2F2NO6. The number of rotatable bonds is 11. The van der Waals surface area contributed by atoms with Gasteiger partial charge in [0.15, 0.2) is 23.9 Å². The highest BCUT2D eigenvalue weighted by molar-refractivity contribution is 6.35. The third-order valence-corrected chi connectivity index (χ3v) is 5.42. The molecule has 1 aromatic carbocycles. The van der Waals surface area contributed by atoms with E-state index in [1.807, 2.05) is 0 Å². The summed E-state index contributed by atoms with van der Waals surface area (Å²) in [5.41, 5.74) is 0.769. The number of pyridine rings is 1. The number of carbonyl (C=O) groups excluding carboxylic acids is 1. The number of aromatic nitrogens is 1. The van der Waals surface area contributed by atoms with Crippen LogP contribution in [-0.2, 0) is 16.0 Å². The monoisotopic (exact) mass is 491 g/mol. The maximum atomic E-state index is 12.8. The molecule has 0 amide bonds. The van der Waals surface area contributed by atoms with E-state index in [2.05, 4.69) is 4.74 Å². The number of hydrogen-bond donors (Lipinski definition) is 1. The first-order valence-corrected chi connectivity index (χ1v) is 10.6. The first-order valence-electron chi connectivity index (χ1n) is 9.85. The lowest BCUT2D eigenvalue weighted by atomic mass is 10.0. The van der Waals surface area contributed by atoms with Gasteiger partial charge in [0.25, 0.3) is 0 Å². The predicted molar refractivity (Wildman–Crippen MR) is 111 cm³/mol. The molecule has 1 N–H and O–H groups in total. The molecule has 3 rings (SSSR count). The van der Waals surface area contributed by atoms with Crippen LogP contribution >= 0.6 is 23.2 Å². The standard InChI is InChI=1S/C21H21Cl2F2NO6/c22-15-9-26(29)10-16(23)14(15)8-18(31-20(28)5-6-27)13-3-4-17(32-21(24)25)19(7-13)30-11-12-1-2-12/h3-4,7,9-10,12,18,21,27H,1-2,5-6,8,11H2/t18-/m0/s1. The lowest BCUT2D eigenvalue weighted by Gasteiger charge is -2.21. The van der Waals surface area contributed by atoms with Gasteiger partial charge in [-0.15, -0.1) is 0 Å². The molecule has 7 nitrogen and oxygen atoms in total. The molecule has 11 heteroatoms. The summed E-state index contributed by atoms with van der Waals surface area (Å²) >= 11 is 12.3. The molecule has 32 heavy (non-hydrogen) atoms. The van der Waals surface area contributed by atoms with Gasteiger partial charge >= 0.3 is 12.6 Å². The Labute approximate surface area is 193 Å². The quantitative estimate of drug-likeness (QED) is 0.287. The van der Waals surface area contributed by atoms with Crippen molar-refractivity contribution in [2.24, 2.45) is 5.92 Å². The van der Waals surface area contributed by atoms with Crippen molar-refractivity contribution in [2.75, 3.05) is 13.2 Å². The van der Waals surface area contributed by atoms with E-state index in [0.29, 0.717) is 28.4 Å². The van der Waals surface area contributed by atoms with Crippen LogP contribution < -0.4 is 14.2 Å². The molecular weight excluding hydrogens is 471 g/mol. The molecule has 0 saturated heterocycles. The minimum Gasteiger partial charge on any atom is -0.619 e. The summed E-state index contributed by atoms with van der Waals surface area (Å²) in [5.74, 6) is -0.390. The van der Waals surface area contributed by atoms with Gasteiger partial charge in [-0.25, -0.2) is 0 Å². The molecule has 1 atom stereocenters. The number of hydrogen-bond acceptors (Lipinski definition) is 6. The van der Waals surface area contributed by atoms with Crippen molar-refractivity contribution in [1.82, 2.24) is 0 Å². The van der Waals surface area contributed by atoms with Crippen LogP contribution in [0.25, 0.3) is 0 Å². The zero-order valence-electron chi connectivity index (χ0n) is 16.8. The van der Waals surface area contributed by atoms with E-state index in [0.717, 1.165) is 25.2 Å². The molecule has 0 radical (unpaired) electrons. The molecule has 174 valence electrons. The SMILES string of the molecule is O=C(CCO)O[C@@H](Cc1c(Cl)c[n+]([O-])cc1Cl)c1ccc(OC(F)F)c(OCC2CC2)c1. The van der Waals surface area contributed by atoms with Gasteiger partial charge in [-0.3, -0.25) is 4.79 Å². The molecule has 1 aromatic heterocycles. The molecule has 0 bridgehead atoms.